The molecule has 2 nitrogen and oxygen atoms in total. The molecule has 3 rings (SSSR count). The number of rotatable bonds is 4. The molecule has 0 heterocycles. The van der Waals surface area contributed by atoms with Crippen molar-refractivity contribution >= 4 is 10.9 Å². The molecule has 0 amide bonds. The molecule has 0 fully saturated rings. The first-order valence-electron chi connectivity index (χ1n) is 11.9. The van der Waals surface area contributed by atoms with Gasteiger partial charge in [-0.2, -0.15) is 0 Å². The molecule has 0 saturated carbocycles. The zero-order chi connectivity index (χ0) is 25.6. The SMILES string of the molecule is CC(C)(C)Oc1ccc([S+](c2ccccc2)c2ccc(C(C)(C)C)cc2)cc1.COC(C)(C)C. The number of ether oxygens (including phenoxy) is 2. The third-order valence-corrected chi connectivity index (χ3v) is 7.26. The molecule has 3 aromatic rings. The summed E-state index contributed by atoms with van der Waals surface area (Å²) in [6.45, 7) is 19.1. The van der Waals surface area contributed by atoms with E-state index in [2.05, 4.69) is 120 Å². The molecule has 0 N–H and O–H groups in total. The minimum atomic E-state index is -0.189. The molecule has 0 aromatic heterocycles. The van der Waals surface area contributed by atoms with E-state index in [1.165, 1.54) is 20.2 Å². The van der Waals surface area contributed by atoms with Crippen molar-refractivity contribution in [2.45, 2.75) is 93.6 Å². The molecule has 1 unspecified atom stereocenters. The van der Waals surface area contributed by atoms with Crippen molar-refractivity contribution in [2.24, 2.45) is 0 Å². The highest BCUT2D eigenvalue weighted by molar-refractivity contribution is 7.97. The van der Waals surface area contributed by atoms with E-state index in [4.69, 9.17) is 9.47 Å². The van der Waals surface area contributed by atoms with Gasteiger partial charge in [0.05, 0.1) is 16.5 Å². The second kappa shape index (κ2) is 11.5. The Hall–Kier alpha value is -2.23. The molecule has 1 atom stereocenters. The summed E-state index contributed by atoms with van der Waals surface area (Å²) in [6.07, 6.45) is 0. The van der Waals surface area contributed by atoms with Crippen LogP contribution in [0.3, 0.4) is 0 Å². The number of hydrogen-bond donors (Lipinski definition) is 0. The van der Waals surface area contributed by atoms with Crippen LogP contribution in [-0.4, -0.2) is 18.3 Å². The summed E-state index contributed by atoms with van der Waals surface area (Å²) in [7, 11) is 1.57. The molecule has 0 aliphatic carbocycles. The molecule has 0 saturated heterocycles. The van der Waals surface area contributed by atoms with E-state index < -0.39 is 0 Å². The summed E-state index contributed by atoms with van der Waals surface area (Å²) in [4.78, 5) is 3.97. The van der Waals surface area contributed by atoms with E-state index >= 15 is 0 Å². The Morgan fingerprint density at radius 1 is 0.529 bits per heavy atom. The van der Waals surface area contributed by atoms with Gasteiger partial charge in [-0.1, -0.05) is 51.1 Å². The molecule has 3 heteroatoms. The van der Waals surface area contributed by atoms with Crippen molar-refractivity contribution in [3.8, 4) is 5.75 Å². The molecule has 3 aromatic carbocycles. The van der Waals surface area contributed by atoms with E-state index in [9.17, 15) is 0 Å². The Bertz CT molecular complexity index is 987. The number of hydrogen-bond acceptors (Lipinski definition) is 2. The highest BCUT2D eigenvalue weighted by atomic mass is 32.2. The number of methoxy groups -OCH3 is 1. The lowest BCUT2D eigenvalue weighted by Crippen LogP contribution is -2.22. The summed E-state index contributed by atoms with van der Waals surface area (Å²) in [6, 6.07) is 28.5. The summed E-state index contributed by atoms with van der Waals surface area (Å²) >= 11 is 0. The van der Waals surface area contributed by atoms with Crippen LogP contribution < -0.4 is 4.74 Å². The molecule has 0 bridgehead atoms. The summed E-state index contributed by atoms with van der Waals surface area (Å²) < 4.78 is 10.9. The van der Waals surface area contributed by atoms with Crippen LogP contribution in [0.5, 0.6) is 5.75 Å². The zero-order valence-electron chi connectivity index (χ0n) is 22.7. The van der Waals surface area contributed by atoms with Crippen LogP contribution in [0.2, 0.25) is 0 Å². The average Bonchev–Trinajstić information content (AvgIpc) is 2.75. The Kier molecular flexibility index (Phi) is 9.45. The largest absolute Gasteiger partial charge is 0.488 e. The van der Waals surface area contributed by atoms with Crippen molar-refractivity contribution in [2.75, 3.05) is 7.11 Å². The van der Waals surface area contributed by atoms with Crippen LogP contribution in [0.1, 0.15) is 67.9 Å². The Balaban J connectivity index is 0.000000604. The van der Waals surface area contributed by atoms with Gasteiger partial charge in [-0.25, -0.2) is 0 Å². The van der Waals surface area contributed by atoms with Crippen molar-refractivity contribution in [1.82, 2.24) is 0 Å². The average molecular weight is 480 g/mol. The maximum Gasteiger partial charge on any atom is 0.166 e. The van der Waals surface area contributed by atoms with Crippen LogP contribution in [0, 0.1) is 0 Å². The van der Waals surface area contributed by atoms with Crippen molar-refractivity contribution in [3.05, 3.63) is 84.4 Å². The standard InChI is InChI=1S/C26H31OS.C5H12O/c1-25(2,3)20-12-16-23(17-13-20)28(22-10-8-7-9-11-22)24-18-14-21(15-19-24)27-26(4,5)6;1-5(2,3)6-4/h7-19H,1-6H3;1-4H3/q+1;. The fourth-order valence-electron chi connectivity index (χ4n) is 3.05. The lowest BCUT2D eigenvalue weighted by molar-refractivity contribution is 0.0397. The third kappa shape index (κ3) is 9.19. The molecule has 0 radical (unpaired) electrons. The zero-order valence-corrected chi connectivity index (χ0v) is 23.5. The van der Waals surface area contributed by atoms with Gasteiger partial charge in [0, 0.05) is 7.11 Å². The molecular formula is C31H43O2S+. The highest BCUT2D eigenvalue weighted by Gasteiger charge is 2.29. The van der Waals surface area contributed by atoms with E-state index in [0.717, 1.165) is 5.75 Å². The minimum absolute atomic E-state index is 0.0417. The Labute approximate surface area is 211 Å². The maximum absolute atomic E-state index is 6.00. The fourth-order valence-corrected chi connectivity index (χ4v) is 5.12. The molecule has 0 aliphatic heterocycles. The lowest BCUT2D eigenvalue weighted by atomic mass is 9.87. The van der Waals surface area contributed by atoms with Crippen molar-refractivity contribution in [3.63, 3.8) is 0 Å². The Morgan fingerprint density at radius 2 is 0.941 bits per heavy atom. The van der Waals surface area contributed by atoms with Crippen LogP contribution in [0.15, 0.2) is 93.5 Å². The first kappa shape index (κ1) is 28.0. The Morgan fingerprint density at radius 3 is 1.32 bits per heavy atom. The van der Waals surface area contributed by atoms with Crippen molar-refractivity contribution in [1.29, 1.82) is 0 Å². The van der Waals surface area contributed by atoms with Gasteiger partial charge in [0.2, 0.25) is 0 Å². The van der Waals surface area contributed by atoms with Gasteiger partial charge < -0.3 is 9.47 Å². The summed E-state index contributed by atoms with van der Waals surface area (Å²) in [5, 5.41) is 0. The van der Waals surface area contributed by atoms with Crippen LogP contribution in [0.25, 0.3) is 0 Å². The van der Waals surface area contributed by atoms with Gasteiger partial charge in [0.25, 0.3) is 0 Å². The predicted octanol–water partition coefficient (Wildman–Crippen LogP) is 8.69. The van der Waals surface area contributed by atoms with E-state index in [0.29, 0.717) is 0 Å². The molecule has 34 heavy (non-hydrogen) atoms. The summed E-state index contributed by atoms with van der Waals surface area (Å²) in [5.74, 6) is 0.913. The predicted molar refractivity (Wildman–Crippen MR) is 147 cm³/mol. The highest BCUT2D eigenvalue weighted by Crippen LogP contribution is 2.34. The molecule has 0 aliphatic rings. The number of benzene rings is 3. The summed E-state index contributed by atoms with van der Waals surface area (Å²) in [5.41, 5.74) is 1.38. The van der Waals surface area contributed by atoms with Gasteiger partial charge >= 0.3 is 0 Å². The molecule has 184 valence electrons. The van der Waals surface area contributed by atoms with Crippen LogP contribution >= 0.6 is 0 Å². The third-order valence-electron chi connectivity index (χ3n) is 5.03. The second-order valence-corrected chi connectivity index (χ2v) is 13.4. The minimum Gasteiger partial charge on any atom is -0.488 e. The van der Waals surface area contributed by atoms with E-state index in [1.54, 1.807) is 7.11 Å². The van der Waals surface area contributed by atoms with Crippen LogP contribution in [0.4, 0.5) is 0 Å². The van der Waals surface area contributed by atoms with Gasteiger partial charge in [0.15, 0.2) is 14.7 Å². The monoisotopic (exact) mass is 479 g/mol. The smallest absolute Gasteiger partial charge is 0.166 e. The maximum atomic E-state index is 6.00. The molecule has 0 spiro atoms. The van der Waals surface area contributed by atoms with E-state index in [-0.39, 0.29) is 27.5 Å². The topological polar surface area (TPSA) is 18.5 Å². The molecular weight excluding hydrogens is 436 g/mol. The van der Waals surface area contributed by atoms with Gasteiger partial charge in [-0.15, -0.1) is 0 Å². The van der Waals surface area contributed by atoms with Crippen LogP contribution in [-0.2, 0) is 21.0 Å². The quantitative estimate of drug-likeness (QED) is 0.348. The second-order valence-electron chi connectivity index (χ2n) is 11.4. The van der Waals surface area contributed by atoms with E-state index in [1.807, 2.05) is 20.8 Å². The van der Waals surface area contributed by atoms with Gasteiger partial charge in [-0.3, -0.25) is 0 Å². The van der Waals surface area contributed by atoms with Crippen molar-refractivity contribution < 1.29 is 9.47 Å². The fraction of sp³-hybridized carbons (Fsp3) is 0.419. The first-order valence-corrected chi connectivity index (χ1v) is 13.2. The lowest BCUT2D eigenvalue weighted by Gasteiger charge is -2.21. The normalized spacial score (nSPS) is 13.0. The van der Waals surface area contributed by atoms with Gasteiger partial charge in [-0.05, 0) is 101 Å². The first-order chi connectivity index (χ1) is 15.7. The van der Waals surface area contributed by atoms with Gasteiger partial charge in [0.1, 0.15) is 11.4 Å².